The molecule has 3 N–H and O–H groups in total. The molecular weight excluding hydrogens is 273 g/mol. The molecule has 0 unspecified atom stereocenters. The van der Waals surface area contributed by atoms with Gasteiger partial charge in [0, 0.05) is 13.2 Å². The average Bonchev–Trinajstić information content (AvgIpc) is 2.27. The van der Waals surface area contributed by atoms with Crippen LogP contribution in [-0.2, 0) is 10.0 Å². The Kier molecular flexibility index (Phi) is 4.14. The lowest BCUT2D eigenvalue weighted by atomic mass is 10.5. The molecule has 1 aromatic heterocycles. The van der Waals surface area contributed by atoms with Crippen LogP contribution in [0.15, 0.2) is 23.2 Å². The number of sulfonamides is 1. The van der Waals surface area contributed by atoms with Crippen LogP contribution >= 0.6 is 0 Å². The van der Waals surface area contributed by atoms with Gasteiger partial charge in [-0.2, -0.15) is 17.5 Å². The first kappa shape index (κ1) is 14.7. The average molecular weight is 284 g/mol. The van der Waals surface area contributed by atoms with E-state index < -0.39 is 22.7 Å². The molecule has 0 atom stereocenters. The van der Waals surface area contributed by atoms with Crippen molar-refractivity contribution in [3.63, 3.8) is 0 Å². The van der Waals surface area contributed by atoms with Crippen LogP contribution in [0.2, 0.25) is 0 Å². The largest absolute Gasteiger partial charge is 0.402 e. The quantitative estimate of drug-likeness (QED) is 0.622. The van der Waals surface area contributed by atoms with Crippen LogP contribution in [0.3, 0.4) is 0 Å². The molecule has 0 saturated carbocycles. The molecule has 18 heavy (non-hydrogen) atoms. The molecule has 0 saturated heterocycles. The van der Waals surface area contributed by atoms with E-state index >= 15 is 0 Å². The van der Waals surface area contributed by atoms with E-state index in [-0.39, 0.29) is 15.0 Å². The maximum absolute atomic E-state index is 12.1. The van der Waals surface area contributed by atoms with E-state index in [2.05, 4.69) is 10.4 Å². The van der Waals surface area contributed by atoms with Gasteiger partial charge in [0.05, 0.1) is 0 Å². The summed E-state index contributed by atoms with van der Waals surface area (Å²) in [5.41, 5.74) is 2.17. The summed E-state index contributed by atoms with van der Waals surface area (Å²) in [7, 11) is -3.37. The highest BCUT2D eigenvalue weighted by Crippen LogP contribution is 2.21. The minimum Gasteiger partial charge on any atom is -0.308 e. The maximum Gasteiger partial charge on any atom is 0.402 e. The fraction of sp³-hybridized carbons (Fsp3) is 0.375. The number of hydrogen-bond donors (Lipinski definition) is 2. The maximum atomic E-state index is 12.1. The molecule has 1 aromatic rings. The second-order valence-electron chi connectivity index (χ2n) is 3.40. The highest BCUT2D eigenvalue weighted by Gasteiger charge is 2.34. The SMILES string of the molecule is CN(CC(F)(F)F)S(=O)(=O)c1ccc(NN)nc1. The number of hydrogen-bond acceptors (Lipinski definition) is 5. The minimum atomic E-state index is -4.60. The highest BCUT2D eigenvalue weighted by molar-refractivity contribution is 7.89. The number of nitrogens with zero attached hydrogens (tertiary/aromatic N) is 2. The van der Waals surface area contributed by atoms with Crippen molar-refractivity contribution in [1.29, 1.82) is 0 Å². The Bertz CT molecular complexity index is 500. The zero-order valence-electron chi connectivity index (χ0n) is 9.27. The van der Waals surface area contributed by atoms with Gasteiger partial charge >= 0.3 is 6.18 Å². The molecule has 1 heterocycles. The second kappa shape index (κ2) is 5.08. The van der Waals surface area contributed by atoms with E-state index in [1.165, 1.54) is 6.07 Å². The molecule has 102 valence electrons. The van der Waals surface area contributed by atoms with E-state index in [1.54, 1.807) is 0 Å². The van der Waals surface area contributed by atoms with Crippen molar-refractivity contribution in [3.05, 3.63) is 18.3 Å². The van der Waals surface area contributed by atoms with E-state index in [0.717, 1.165) is 19.3 Å². The third-order valence-corrected chi connectivity index (χ3v) is 3.78. The summed E-state index contributed by atoms with van der Waals surface area (Å²) in [6.45, 7) is -1.56. The lowest BCUT2D eigenvalue weighted by molar-refractivity contribution is -0.134. The van der Waals surface area contributed by atoms with Gasteiger partial charge in [-0.3, -0.25) is 0 Å². The Balaban J connectivity index is 2.98. The Hall–Kier alpha value is -1.39. The van der Waals surface area contributed by atoms with Crippen molar-refractivity contribution in [2.24, 2.45) is 5.84 Å². The van der Waals surface area contributed by atoms with Crippen LogP contribution in [0.4, 0.5) is 19.0 Å². The zero-order valence-corrected chi connectivity index (χ0v) is 10.1. The van der Waals surface area contributed by atoms with Gasteiger partial charge in [-0.25, -0.2) is 19.2 Å². The number of nitrogens with two attached hydrogens (primary N) is 1. The van der Waals surface area contributed by atoms with Crippen LogP contribution in [-0.4, -0.2) is 37.5 Å². The van der Waals surface area contributed by atoms with E-state index in [4.69, 9.17) is 5.84 Å². The van der Waals surface area contributed by atoms with Crippen LogP contribution < -0.4 is 11.3 Å². The number of anilines is 1. The van der Waals surface area contributed by atoms with Crippen molar-refractivity contribution in [1.82, 2.24) is 9.29 Å². The fourth-order valence-corrected chi connectivity index (χ4v) is 2.24. The van der Waals surface area contributed by atoms with Gasteiger partial charge in [-0.05, 0) is 12.1 Å². The lowest BCUT2D eigenvalue weighted by Crippen LogP contribution is -2.35. The third kappa shape index (κ3) is 3.55. The van der Waals surface area contributed by atoms with Crippen molar-refractivity contribution >= 4 is 15.8 Å². The van der Waals surface area contributed by atoms with Gasteiger partial charge in [0.25, 0.3) is 0 Å². The Labute approximate surface area is 102 Å². The number of halogens is 3. The van der Waals surface area contributed by atoms with Crippen molar-refractivity contribution in [2.75, 3.05) is 19.0 Å². The van der Waals surface area contributed by atoms with Crippen molar-refractivity contribution in [2.45, 2.75) is 11.1 Å². The molecule has 0 aliphatic heterocycles. The smallest absolute Gasteiger partial charge is 0.308 e. The number of alkyl halides is 3. The standard InChI is InChI=1S/C8H11F3N4O2S/c1-15(5-8(9,10)11)18(16,17)6-2-3-7(14-12)13-4-6/h2-4H,5,12H2,1H3,(H,13,14). The molecule has 0 bridgehead atoms. The summed E-state index contributed by atoms with van der Waals surface area (Å²) in [6, 6.07) is 2.36. The molecule has 10 heteroatoms. The monoisotopic (exact) mass is 284 g/mol. The topological polar surface area (TPSA) is 88.3 Å². The predicted octanol–water partition coefficient (Wildman–Crippen LogP) is 0.550. The van der Waals surface area contributed by atoms with Gasteiger partial charge < -0.3 is 5.43 Å². The molecule has 0 aliphatic rings. The number of hydrazine groups is 1. The Morgan fingerprint density at radius 1 is 1.44 bits per heavy atom. The van der Waals surface area contributed by atoms with Gasteiger partial charge in [0.15, 0.2) is 0 Å². The fourth-order valence-electron chi connectivity index (χ4n) is 1.14. The molecule has 0 radical (unpaired) electrons. The molecule has 1 rings (SSSR count). The van der Waals surface area contributed by atoms with Crippen molar-refractivity contribution < 1.29 is 21.6 Å². The Morgan fingerprint density at radius 2 is 2.06 bits per heavy atom. The predicted molar refractivity (Wildman–Crippen MR) is 57.9 cm³/mol. The first-order valence-corrected chi connectivity index (χ1v) is 6.06. The minimum absolute atomic E-state index is 0.201. The summed E-state index contributed by atoms with van der Waals surface area (Å²) in [4.78, 5) is 3.28. The first-order chi connectivity index (χ1) is 8.16. The van der Waals surface area contributed by atoms with Gasteiger partial charge in [0.2, 0.25) is 10.0 Å². The highest BCUT2D eigenvalue weighted by atomic mass is 32.2. The zero-order chi connectivity index (χ0) is 14.0. The molecule has 0 aliphatic carbocycles. The lowest BCUT2D eigenvalue weighted by Gasteiger charge is -2.18. The van der Waals surface area contributed by atoms with Gasteiger partial charge in [-0.15, -0.1) is 0 Å². The third-order valence-electron chi connectivity index (χ3n) is 1.99. The molecule has 0 aromatic carbocycles. The van der Waals surface area contributed by atoms with E-state index in [0.29, 0.717) is 0 Å². The Morgan fingerprint density at radius 3 is 2.44 bits per heavy atom. The normalized spacial score (nSPS) is 12.8. The number of pyridine rings is 1. The number of aromatic nitrogens is 1. The molecule has 0 spiro atoms. The summed E-state index contributed by atoms with van der Waals surface area (Å²) in [6.07, 6.45) is -3.68. The number of rotatable bonds is 4. The van der Waals surface area contributed by atoms with Crippen LogP contribution in [0.1, 0.15) is 0 Å². The summed E-state index contributed by atoms with van der Waals surface area (Å²) < 4.78 is 60.1. The van der Waals surface area contributed by atoms with Crippen molar-refractivity contribution in [3.8, 4) is 0 Å². The molecule has 0 amide bonds. The molecule has 0 fully saturated rings. The van der Waals surface area contributed by atoms with Crippen LogP contribution in [0.5, 0.6) is 0 Å². The van der Waals surface area contributed by atoms with Gasteiger partial charge in [-0.1, -0.05) is 0 Å². The van der Waals surface area contributed by atoms with Crippen LogP contribution in [0, 0.1) is 0 Å². The second-order valence-corrected chi connectivity index (χ2v) is 5.44. The first-order valence-electron chi connectivity index (χ1n) is 4.62. The van der Waals surface area contributed by atoms with Crippen LogP contribution in [0.25, 0.3) is 0 Å². The number of nitrogen functional groups attached to an aromatic ring is 1. The van der Waals surface area contributed by atoms with Gasteiger partial charge in [0.1, 0.15) is 17.3 Å². The van der Waals surface area contributed by atoms with E-state index in [9.17, 15) is 21.6 Å². The molecular formula is C8H11F3N4O2S. The molecule has 6 nitrogen and oxygen atoms in total. The number of nitrogens with one attached hydrogen (secondary N) is 1. The summed E-state index contributed by atoms with van der Waals surface area (Å²) in [5.74, 6) is 5.23. The summed E-state index contributed by atoms with van der Waals surface area (Å²) in [5, 5.41) is 0. The van der Waals surface area contributed by atoms with E-state index in [1.807, 2.05) is 0 Å². The summed E-state index contributed by atoms with van der Waals surface area (Å²) >= 11 is 0.